The van der Waals surface area contributed by atoms with Crippen LogP contribution < -0.4 is 5.32 Å². The summed E-state index contributed by atoms with van der Waals surface area (Å²) in [6.07, 6.45) is 1.43. The number of para-hydroxylation sites is 2. The highest BCUT2D eigenvalue weighted by atomic mass is 16.1. The Morgan fingerprint density at radius 2 is 2.13 bits per heavy atom. The van der Waals surface area contributed by atoms with E-state index in [-0.39, 0.29) is 5.91 Å². The molecule has 1 rings (SSSR count). The Hall–Kier alpha value is -2.19. The zero-order valence-corrected chi connectivity index (χ0v) is 8.28. The highest BCUT2D eigenvalue weighted by Crippen LogP contribution is 2.23. The molecule has 1 N–H and O–H groups in total. The summed E-state index contributed by atoms with van der Waals surface area (Å²) < 4.78 is 0. The van der Waals surface area contributed by atoms with Gasteiger partial charge >= 0.3 is 0 Å². The van der Waals surface area contributed by atoms with Crippen LogP contribution in [0.25, 0.3) is 0 Å². The molecule has 0 heterocycles. The molecule has 0 spiro atoms. The molecule has 0 saturated heterocycles. The average molecular weight is 202 g/mol. The summed E-state index contributed by atoms with van der Waals surface area (Å²) in [4.78, 5) is 24.9. The Balaban J connectivity index is 2.98. The van der Waals surface area contributed by atoms with E-state index in [2.05, 4.69) is 16.9 Å². The van der Waals surface area contributed by atoms with Crippen LogP contribution >= 0.6 is 0 Å². The van der Waals surface area contributed by atoms with E-state index in [0.717, 1.165) is 0 Å². The van der Waals surface area contributed by atoms with Gasteiger partial charge < -0.3 is 5.32 Å². The van der Waals surface area contributed by atoms with Crippen LogP contribution in [0.3, 0.4) is 0 Å². The van der Waals surface area contributed by atoms with E-state index in [4.69, 9.17) is 0 Å². The van der Waals surface area contributed by atoms with E-state index in [9.17, 15) is 9.59 Å². The average Bonchev–Trinajstić information content (AvgIpc) is 2.21. The molecule has 0 saturated carbocycles. The SMILES string of the molecule is C=C(C)C(=O)Nc1ccccc1N=C=O. The maximum atomic E-state index is 11.3. The van der Waals surface area contributed by atoms with Crippen LogP contribution in [0.1, 0.15) is 6.92 Å². The fourth-order valence-corrected chi connectivity index (χ4v) is 0.955. The number of carbonyl (C=O) groups is 1. The second kappa shape index (κ2) is 4.88. The minimum Gasteiger partial charge on any atom is -0.320 e. The first-order valence-electron chi connectivity index (χ1n) is 4.29. The van der Waals surface area contributed by atoms with Gasteiger partial charge in [0.2, 0.25) is 6.08 Å². The minimum atomic E-state index is -0.302. The monoisotopic (exact) mass is 202 g/mol. The fourth-order valence-electron chi connectivity index (χ4n) is 0.955. The van der Waals surface area contributed by atoms with Crippen molar-refractivity contribution in [1.29, 1.82) is 0 Å². The van der Waals surface area contributed by atoms with Gasteiger partial charge in [0.1, 0.15) is 0 Å². The van der Waals surface area contributed by atoms with E-state index in [0.29, 0.717) is 16.9 Å². The fraction of sp³-hybridized carbons (Fsp3) is 0.0909. The largest absolute Gasteiger partial charge is 0.320 e. The van der Waals surface area contributed by atoms with Crippen molar-refractivity contribution in [2.45, 2.75) is 6.92 Å². The molecule has 4 nitrogen and oxygen atoms in total. The molecular formula is C11H10N2O2. The molecule has 0 bridgehead atoms. The zero-order valence-electron chi connectivity index (χ0n) is 8.28. The van der Waals surface area contributed by atoms with Gasteiger partial charge in [-0.3, -0.25) is 4.79 Å². The normalized spacial score (nSPS) is 8.87. The molecule has 0 aromatic heterocycles. The van der Waals surface area contributed by atoms with Gasteiger partial charge in [-0.05, 0) is 19.1 Å². The van der Waals surface area contributed by atoms with Crippen LogP contribution in [0.15, 0.2) is 41.4 Å². The van der Waals surface area contributed by atoms with Crippen LogP contribution in [-0.4, -0.2) is 12.0 Å². The van der Waals surface area contributed by atoms with Crippen LogP contribution in [0.2, 0.25) is 0 Å². The number of hydrogen-bond acceptors (Lipinski definition) is 3. The lowest BCUT2D eigenvalue weighted by molar-refractivity contribution is -0.112. The summed E-state index contributed by atoms with van der Waals surface area (Å²) in [7, 11) is 0. The standard InChI is InChI=1S/C11H10N2O2/c1-8(2)11(15)13-10-6-4-3-5-9(10)12-7-14/h3-6H,1H2,2H3,(H,13,15). The first kappa shape index (κ1) is 10.9. The molecular weight excluding hydrogens is 192 g/mol. The van der Waals surface area contributed by atoms with Gasteiger partial charge in [-0.1, -0.05) is 18.7 Å². The number of hydrogen-bond donors (Lipinski definition) is 1. The summed E-state index contributed by atoms with van der Waals surface area (Å²) >= 11 is 0. The number of aliphatic imine (C=N–C) groups is 1. The molecule has 0 atom stereocenters. The summed E-state index contributed by atoms with van der Waals surface area (Å²) in [5, 5.41) is 2.58. The Bertz CT molecular complexity index is 446. The van der Waals surface area contributed by atoms with Crippen LogP contribution in [-0.2, 0) is 9.59 Å². The Morgan fingerprint density at radius 1 is 1.47 bits per heavy atom. The van der Waals surface area contributed by atoms with Crippen molar-refractivity contribution in [3.63, 3.8) is 0 Å². The van der Waals surface area contributed by atoms with Gasteiger partial charge in [0.15, 0.2) is 0 Å². The summed E-state index contributed by atoms with van der Waals surface area (Å²) in [6, 6.07) is 6.71. The maximum absolute atomic E-state index is 11.3. The minimum absolute atomic E-state index is 0.302. The molecule has 4 heteroatoms. The number of rotatable bonds is 3. The van der Waals surface area contributed by atoms with E-state index >= 15 is 0 Å². The van der Waals surface area contributed by atoms with Crippen molar-refractivity contribution in [1.82, 2.24) is 0 Å². The van der Waals surface area contributed by atoms with Gasteiger partial charge in [-0.2, -0.15) is 4.99 Å². The van der Waals surface area contributed by atoms with E-state index in [1.165, 1.54) is 6.08 Å². The quantitative estimate of drug-likeness (QED) is 0.464. The molecule has 0 unspecified atom stereocenters. The predicted molar refractivity (Wildman–Crippen MR) is 57.7 cm³/mol. The third kappa shape index (κ3) is 2.90. The molecule has 0 aliphatic rings. The molecule has 15 heavy (non-hydrogen) atoms. The molecule has 0 radical (unpaired) electrons. The molecule has 1 amide bonds. The van der Waals surface area contributed by atoms with E-state index < -0.39 is 0 Å². The van der Waals surface area contributed by atoms with Crippen LogP contribution in [0.5, 0.6) is 0 Å². The molecule has 76 valence electrons. The highest BCUT2D eigenvalue weighted by Gasteiger charge is 2.05. The van der Waals surface area contributed by atoms with Gasteiger partial charge in [0, 0.05) is 5.57 Å². The van der Waals surface area contributed by atoms with Crippen molar-refractivity contribution in [3.05, 3.63) is 36.4 Å². The topological polar surface area (TPSA) is 58.5 Å². The van der Waals surface area contributed by atoms with Gasteiger partial charge in [0.25, 0.3) is 5.91 Å². The predicted octanol–water partition coefficient (Wildman–Crippen LogP) is 2.17. The molecule has 0 aliphatic carbocycles. The van der Waals surface area contributed by atoms with E-state index in [1.807, 2.05) is 0 Å². The highest BCUT2D eigenvalue weighted by molar-refractivity contribution is 6.04. The first-order chi connectivity index (χ1) is 7.15. The van der Waals surface area contributed by atoms with Crippen LogP contribution in [0.4, 0.5) is 11.4 Å². The number of nitrogens with one attached hydrogen (secondary N) is 1. The first-order valence-corrected chi connectivity index (χ1v) is 4.29. The van der Waals surface area contributed by atoms with Crippen molar-refractivity contribution >= 4 is 23.4 Å². The number of benzene rings is 1. The Morgan fingerprint density at radius 3 is 2.73 bits per heavy atom. The lowest BCUT2D eigenvalue weighted by atomic mass is 10.2. The Labute approximate surface area is 87.3 Å². The molecule has 1 aromatic carbocycles. The second-order valence-electron chi connectivity index (χ2n) is 2.95. The lowest BCUT2D eigenvalue weighted by Gasteiger charge is -2.06. The number of anilines is 1. The molecule has 0 fully saturated rings. The van der Waals surface area contributed by atoms with Crippen molar-refractivity contribution in [3.8, 4) is 0 Å². The second-order valence-corrected chi connectivity index (χ2v) is 2.95. The number of nitrogens with zero attached hydrogens (tertiary/aromatic N) is 1. The molecule has 1 aromatic rings. The van der Waals surface area contributed by atoms with Crippen molar-refractivity contribution in [2.24, 2.45) is 4.99 Å². The van der Waals surface area contributed by atoms with Crippen LogP contribution in [0, 0.1) is 0 Å². The zero-order chi connectivity index (χ0) is 11.3. The number of amides is 1. The summed E-state index contributed by atoms with van der Waals surface area (Å²) in [5.41, 5.74) is 1.23. The third-order valence-corrected chi connectivity index (χ3v) is 1.71. The van der Waals surface area contributed by atoms with E-state index in [1.54, 1.807) is 31.2 Å². The maximum Gasteiger partial charge on any atom is 0.250 e. The van der Waals surface area contributed by atoms with Crippen molar-refractivity contribution < 1.29 is 9.59 Å². The Kier molecular flexibility index (Phi) is 3.55. The lowest BCUT2D eigenvalue weighted by Crippen LogP contribution is -2.11. The smallest absolute Gasteiger partial charge is 0.250 e. The third-order valence-electron chi connectivity index (χ3n) is 1.71. The van der Waals surface area contributed by atoms with Gasteiger partial charge in [0.05, 0.1) is 11.4 Å². The summed E-state index contributed by atoms with van der Waals surface area (Å²) in [6.45, 7) is 5.11. The summed E-state index contributed by atoms with van der Waals surface area (Å²) in [5.74, 6) is -0.302. The van der Waals surface area contributed by atoms with Gasteiger partial charge in [-0.15, -0.1) is 0 Å². The van der Waals surface area contributed by atoms with Gasteiger partial charge in [-0.25, -0.2) is 4.79 Å². The number of carbonyl (C=O) groups excluding carboxylic acids is 2. The molecule has 0 aliphatic heterocycles. The van der Waals surface area contributed by atoms with Crippen molar-refractivity contribution in [2.75, 3.05) is 5.32 Å². The number of isocyanates is 1.